The molecule has 1 aliphatic heterocycles. The van der Waals surface area contributed by atoms with Crippen LogP contribution < -0.4 is 10.6 Å². The van der Waals surface area contributed by atoms with Crippen molar-refractivity contribution < 1.29 is 21.6 Å². The van der Waals surface area contributed by atoms with Crippen molar-refractivity contribution in [3.8, 4) is 0 Å². The highest BCUT2D eigenvalue weighted by molar-refractivity contribution is 7.90. The lowest BCUT2D eigenvalue weighted by Crippen LogP contribution is -2.47. The normalized spacial score (nSPS) is 17.9. The Bertz CT molecular complexity index is 769. The fraction of sp³-hybridized carbons (Fsp3) is 0.733. The second-order valence-corrected chi connectivity index (χ2v) is 9.56. The molecule has 1 saturated heterocycles. The van der Waals surface area contributed by atoms with Crippen molar-refractivity contribution in [2.24, 2.45) is 10.9 Å². The standard InChI is InChI=1S/C15H24F3N5O2S2/c1-10-13(26-11(2)22-10)9-21-14(19-3)20-8-12-4-6-23(7-5-12)27(24,25)15(16,17)18/h12H,4-9H2,1-3H3,(H2,19,20,21). The number of sulfonamides is 1. The summed E-state index contributed by atoms with van der Waals surface area (Å²) >= 11 is 1.61. The second kappa shape index (κ2) is 8.74. The Labute approximate surface area is 161 Å². The summed E-state index contributed by atoms with van der Waals surface area (Å²) in [5.74, 6) is 0.668. The van der Waals surface area contributed by atoms with Crippen LogP contribution in [0, 0.1) is 19.8 Å². The largest absolute Gasteiger partial charge is 0.511 e. The molecule has 2 N–H and O–H groups in total. The molecule has 0 spiro atoms. The van der Waals surface area contributed by atoms with Gasteiger partial charge in [-0.2, -0.15) is 17.5 Å². The average Bonchev–Trinajstić information content (AvgIpc) is 2.92. The number of hydrogen-bond donors (Lipinski definition) is 2. The zero-order valence-corrected chi connectivity index (χ0v) is 17.1. The number of aryl methyl sites for hydroxylation is 2. The van der Waals surface area contributed by atoms with E-state index in [-0.39, 0.29) is 19.0 Å². The third-order valence-corrected chi connectivity index (χ3v) is 7.11. The van der Waals surface area contributed by atoms with E-state index >= 15 is 0 Å². The molecule has 7 nitrogen and oxygen atoms in total. The van der Waals surface area contributed by atoms with Crippen molar-refractivity contribution in [1.29, 1.82) is 0 Å². The van der Waals surface area contributed by atoms with Crippen molar-refractivity contribution in [3.63, 3.8) is 0 Å². The van der Waals surface area contributed by atoms with Crippen molar-refractivity contribution >= 4 is 27.3 Å². The quantitative estimate of drug-likeness (QED) is 0.554. The van der Waals surface area contributed by atoms with Gasteiger partial charge < -0.3 is 10.6 Å². The lowest BCUT2D eigenvalue weighted by molar-refractivity contribution is -0.0496. The lowest BCUT2D eigenvalue weighted by Gasteiger charge is -2.31. The predicted octanol–water partition coefficient (Wildman–Crippen LogP) is 1.99. The summed E-state index contributed by atoms with van der Waals surface area (Å²) in [5, 5.41) is 7.33. The van der Waals surface area contributed by atoms with Gasteiger partial charge in [-0.25, -0.2) is 13.4 Å². The van der Waals surface area contributed by atoms with E-state index < -0.39 is 15.5 Å². The maximum Gasteiger partial charge on any atom is 0.511 e. The van der Waals surface area contributed by atoms with E-state index in [1.807, 2.05) is 13.8 Å². The van der Waals surface area contributed by atoms with Gasteiger partial charge >= 0.3 is 15.5 Å². The first-order valence-corrected chi connectivity index (χ1v) is 10.7. The first kappa shape index (κ1) is 21.9. The van der Waals surface area contributed by atoms with Gasteiger partial charge in [-0.3, -0.25) is 4.99 Å². The number of nitrogens with zero attached hydrogens (tertiary/aromatic N) is 3. The van der Waals surface area contributed by atoms with Crippen LogP contribution in [0.2, 0.25) is 0 Å². The van der Waals surface area contributed by atoms with Gasteiger partial charge in [0.2, 0.25) is 0 Å². The third-order valence-electron chi connectivity index (χ3n) is 4.40. The van der Waals surface area contributed by atoms with E-state index in [2.05, 4.69) is 20.6 Å². The van der Waals surface area contributed by atoms with Gasteiger partial charge in [0.1, 0.15) is 0 Å². The minimum Gasteiger partial charge on any atom is -0.356 e. The molecule has 1 aliphatic rings. The molecule has 0 unspecified atom stereocenters. The van der Waals surface area contributed by atoms with Crippen LogP contribution in [0.4, 0.5) is 13.2 Å². The monoisotopic (exact) mass is 427 g/mol. The smallest absolute Gasteiger partial charge is 0.356 e. The Morgan fingerprint density at radius 1 is 1.30 bits per heavy atom. The van der Waals surface area contributed by atoms with Crippen LogP contribution >= 0.6 is 11.3 Å². The van der Waals surface area contributed by atoms with E-state index in [9.17, 15) is 21.6 Å². The molecule has 1 aromatic heterocycles. The minimum atomic E-state index is -5.24. The van der Waals surface area contributed by atoms with Crippen LogP contribution in [0.1, 0.15) is 28.4 Å². The van der Waals surface area contributed by atoms with Crippen LogP contribution in [-0.4, -0.2) is 55.9 Å². The van der Waals surface area contributed by atoms with Gasteiger partial charge in [0, 0.05) is 31.6 Å². The van der Waals surface area contributed by atoms with E-state index in [4.69, 9.17) is 0 Å². The van der Waals surface area contributed by atoms with E-state index in [0.29, 0.717) is 36.2 Å². The van der Waals surface area contributed by atoms with E-state index in [1.54, 1.807) is 18.4 Å². The fourth-order valence-corrected chi connectivity index (χ4v) is 4.72. The second-order valence-electron chi connectivity index (χ2n) is 6.34. The zero-order valence-electron chi connectivity index (χ0n) is 15.4. The number of aliphatic imine (C=N–C) groups is 1. The van der Waals surface area contributed by atoms with Gasteiger partial charge in [0.15, 0.2) is 5.96 Å². The van der Waals surface area contributed by atoms with Crippen molar-refractivity contribution in [3.05, 3.63) is 15.6 Å². The Morgan fingerprint density at radius 3 is 2.41 bits per heavy atom. The number of aromatic nitrogens is 1. The van der Waals surface area contributed by atoms with Crippen LogP contribution in [0.25, 0.3) is 0 Å². The van der Waals surface area contributed by atoms with E-state index in [0.717, 1.165) is 15.6 Å². The number of nitrogens with one attached hydrogen (secondary N) is 2. The third kappa shape index (κ3) is 5.55. The molecule has 0 aliphatic carbocycles. The number of rotatable bonds is 5. The Morgan fingerprint density at radius 2 is 1.93 bits per heavy atom. The summed E-state index contributed by atoms with van der Waals surface area (Å²) < 4.78 is 61.2. The molecule has 2 heterocycles. The molecular formula is C15H24F3N5O2S2. The lowest BCUT2D eigenvalue weighted by atomic mass is 9.98. The first-order chi connectivity index (χ1) is 12.5. The number of thiazole rings is 1. The van der Waals surface area contributed by atoms with Crippen molar-refractivity contribution in [2.45, 2.75) is 38.7 Å². The molecule has 2 rings (SSSR count). The highest BCUT2D eigenvalue weighted by atomic mass is 32.2. The molecular weight excluding hydrogens is 403 g/mol. The molecule has 1 fully saturated rings. The molecule has 1 aromatic rings. The van der Waals surface area contributed by atoms with Gasteiger partial charge in [0.05, 0.1) is 17.2 Å². The SMILES string of the molecule is CN=C(NCc1sc(C)nc1C)NCC1CCN(S(=O)(=O)C(F)(F)F)CC1. The van der Waals surface area contributed by atoms with Gasteiger partial charge in [-0.15, -0.1) is 11.3 Å². The van der Waals surface area contributed by atoms with Crippen LogP contribution in [0.15, 0.2) is 4.99 Å². The number of piperidine rings is 1. The molecule has 154 valence electrons. The maximum atomic E-state index is 12.6. The molecule has 0 radical (unpaired) electrons. The summed E-state index contributed by atoms with van der Waals surface area (Å²) in [5.41, 5.74) is -4.27. The number of guanidine groups is 1. The van der Waals surface area contributed by atoms with Gasteiger partial charge in [0.25, 0.3) is 0 Å². The molecule has 0 saturated carbocycles. The molecule has 27 heavy (non-hydrogen) atoms. The summed E-state index contributed by atoms with van der Waals surface area (Å²) in [6, 6.07) is 0. The predicted molar refractivity (Wildman–Crippen MR) is 99.1 cm³/mol. The number of halogens is 3. The summed E-state index contributed by atoms with van der Waals surface area (Å²) in [6.45, 7) is 4.73. The summed E-state index contributed by atoms with van der Waals surface area (Å²) in [6.07, 6.45) is 0.735. The highest BCUT2D eigenvalue weighted by Crippen LogP contribution is 2.30. The van der Waals surface area contributed by atoms with Crippen LogP contribution in [0.5, 0.6) is 0 Å². The molecule has 0 atom stereocenters. The molecule has 0 amide bonds. The Hall–Kier alpha value is -1.40. The van der Waals surface area contributed by atoms with Crippen molar-refractivity contribution in [2.75, 3.05) is 26.7 Å². The Balaban J connectivity index is 1.79. The Kier molecular flexibility index (Phi) is 7.09. The van der Waals surface area contributed by atoms with Crippen LogP contribution in [-0.2, 0) is 16.6 Å². The topological polar surface area (TPSA) is 86.7 Å². The summed E-state index contributed by atoms with van der Waals surface area (Å²) in [7, 11) is -3.59. The number of alkyl halides is 3. The maximum absolute atomic E-state index is 12.6. The van der Waals surface area contributed by atoms with E-state index in [1.165, 1.54) is 0 Å². The molecule has 0 bridgehead atoms. The zero-order chi connectivity index (χ0) is 20.2. The average molecular weight is 428 g/mol. The van der Waals surface area contributed by atoms with Gasteiger partial charge in [-0.1, -0.05) is 0 Å². The molecule has 0 aromatic carbocycles. The fourth-order valence-electron chi connectivity index (χ4n) is 2.86. The van der Waals surface area contributed by atoms with Crippen molar-refractivity contribution in [1.82, 2.24) is 19.9 Å². The summed E-state index contributed by atoms with van der Waals surface area (Å²) in [4.78, 5) is 9.61. The van der Waals surface area contributed by atoms with Crippen LogP contribution in [0.3, 0.4) is 0 Å². The number of hydrogen-bond acceptors (Lipinski definition) is 5. The minimum absolute atomic E-state index is 0.0793. The first-order valence-electron chi connectivity index (χ1n) is 8.48. The molecule has 12 heteroatoms. The van der Waals surface area contributed by atoms with Gasteiger partial charge in [-0.05, 0) is 32.6 Å². The highest BCUT2D eigenvalue weighted by Gasteiger charge is 2.50.